The van der Waals surface area contributed by atoms with Gasteiger partial charge in [0.15, 0.2) is 0 Å². The molecule has 0 aromatic heterocycles. The number of hydrogen-bond donors (Lipinski definition) is 0. The smallest absolute Gasteiger partial charge is 0.255 e. The van der Waals surface area contributed by atoms with E-state index in [-0.39, 0.29) is 16.7 Å². The van der Waals surface area contributed by atoms with Gasteiger partial charge in [-0.05, 0) is 31.4 Å². The number of rotatable bonds is 7. The van der Waals surface area contributed by atoms with E-state index in [4.69, 9.17) is 9.47 Å². The van der Waals surface area contributed by atoms with E-state index in [9.17, 15) is 9.59 Å². The highest BCUT2D eigenvalue weighted by molar-refractivity contribution is 8.00. The highest BCUT2D eigenvalue weighted by Crippen LogP contribution is 2.45. The number of hydrogen-bond acceptors (Lipinski definition) is 5. The van der Waals surface area contributed by atoms with E-state index < -0.39 is 0 Å². The van der Waals surface area contributed by atoms with E-state index in [1.807, 2.05) is 21.6 Å². The van der Waals surface area contributed by atoms with E-state index in [2.05, 4.69) is 6.92 Å². The molecule has 1 spiro atoms. The zero-order valence-electron chi connectivity index (χ0n) is 17.7. The number of methoxy groups -OCH3 is 2. The minimum atomic E-state index is -0.215. The number of unbranched alkanes of at least 4 members (excludes halogenated alkanes) is 2. The summed E-state index contributed by atoms with van der Waals surface area (Å²) in [6.45, 7) is 4.33. The molecule has 0 atom stereocenters. The third-order valence-corrected chi connectivity index (χ3v) is 7.47. The van der Waals surface area contributed by atoms with Crippen LogP contribution >= 0.6 is 11.8 Å². The molecule has 0 saturated carbocycles. The first kappa shape index (κ1) is 21.8. The molecule has 160 valence electrons. The second-order valence-electron chi connectivity index (χ2n) is 7.69. The van der Waals surface area contributed by atoms with Crippen LogP contribution in [0.1, 0.15) is 55.8 Å². The van der Waals surface area contributed by atoms with Crippen LogP contribution in [0.3, 0.4) is 0 Å². The Morgan fingerprint density at radius 3 is 2.28 bits per heavy atom. The molecule has 2 aliphatic rings. The van der Waals surface area contributed by atoms with E-state index in [0.29, 0.717) is 23.5 Å². The van der Waals surface area contributed by atoms with Crippen LogP contribution in [0.5, 0.6) is 11.5 Å². The van der Waals surface area contributed by atoms with Gasteiger partial charge in [-0.25, -0.2) is 0 Å². The van der Waals surface area contributed by atoms with E-state index >= 15 is 0 Å². The van der Waals surface area contributed by atoms with Crippen LogP contribution in [0, 0.1) is 0 Å². The number of thioether (sulfide) groups is 1. The van der Waals surface area contributed by atoms with Crippen LogP contribution in [-0.2, 0) is 4.79 Å². The van der Waals surface area contributed by atoms with Crippen LogP contribution < -0.4 is 9.47 Å². The SMILES string of the molecule is CCCCCC(=O)N1CCC2(CC1)SCCN2C(=O)c1cc(OC)cc(OC)c1. The van der Waals surface area contributed by atoms with Crippen molar-refractivity contribution in [1.82, 2.24) is 9.80 Å². The standard InChI is InChI=1S/C22H32N2O4S/c1-4-5-6-7-20(25)23-10-8-22(9-11-23)24(12-13-29-22)21(26)17-14-18(27-2)16-19(15-17)28-3/h14-16H,4-13H2,1-3H3. The van der Waals surface area contributed by atoms with Gasteiger partial charge >= 0.3 is 0 Å². The Bertz CT molecular complexity index is 709. The van der Waals surface area contributed by atoms with Crippen molar-refractivity contribution in [2.45, 2.75) is 50.3 Å². The summed E-state index contributed by atoms with van der Waals surface area (Å²) in [4.78, 5) is 29.6. The fourth-order valence-corrected chi connectivity index (χ4v) is 5.64. The third kappa shape index (κ3) is 4.82. The monoisotopic (exact) mass is 420 g/mol. The van der Waals surface area contributed by atoms with Crippen molar-refractivity contribution in [1.29, 1.82) is 0 Å². The first-order valence-electron chi connectivity index (χ1n) is 10.5. The summed E-state index contributed by atoms with van der Waals surface area (Å²) >= 11 is 1.86. The number of nitrogens with zero attached hydrogens (tertiary/aromatic N) is 2. The number of carbonyl (C=O) groups excluding carboxylic acids is 2. The molecule has 3 rings (SSSR count). The predicted molar refractivity (Wildman–Crippen MR) is 116 cm³/mol. The lowest BCUT2D eigenvalue weighted by molar-refractivity contribution is -0.132. The molecule has 6 nitrogen and oxygen atoms in total. The maximum Gasteiger partial charge on any atom is 0.255 e. The molecule has 2 saturated heterocycles. The fraction of sp³-hybridized carbons (Fsp3) is 0.636. The van der Waals surface area contributed by atoms with Crippen molar-refractivity contribution < 1.29 is 19.1 Å². The van der Waals surface area contributed by atoms with Crippen LogP contribution in [0.15, 0.2) is 18.2 Å². The number of benzene rings is 1. The quantitative estimate of drug-likeness (QED) is 0.628. The average molecular weight is 421 g/mol. The van der Waals surface area contributed by atoms with Crippen LogP contribution in [0.25, 0.3) is 0 Å². The largest absolute Gasteiger partial charge is 0.497 e. The molecule has 29 heavy (non-hydrogen) atoms. The highest BCUT2D eigenvalue weighted by Gasteiger charge is 2.47. The number of amides is 2. The van der Waals surface area contributed by atoms with Gasteiger partial charge in [0.25, 0.3) is 5.91 Å². The molecular weight excluding hydrogens is 388 g/mol. The van der Waals surface area contributed by atoms with Crippen molar-refractivity contribution in [3.05, 3.63) is 23.8 Å². The molecular formula is C22H32N2O4S. The first-order valence-corrected chi connectivity index (χ1v) is 11.5. The van der Waals surface area contributed by atoms with Gasteiger partial charge in [0, 0.05) is 43.4 Å². The minimum absolute atomic E-state index is 0.00919. The van der Waals surface area contributed by atoms with Crippen molar-refractivity contribution in [3.8, 4) is 11.5 Å². The molecule has 1 aromatic carbocycles. The molecule has 2 heterocycles. The molecule has 2 fully saturated rings. The molecule has 0 unspecified atom stereocenters. The number of likely N-dealkylation sites (tertiary alicyclic amines) is 1. The van der Waals surface area contributed by atoms with E-state index in [0.717, 1.165) is 57.5 Å². The maximum absolute atomic E-state index is 13.4. The molecule has 0 N–H and O–H groups in total. The van der Waals surface area contributed by atoms with Gasteiger partial charge in [0.1, 0.15) is 11.5 Å². The van der Waals surface area contributed by atoms with Crippen LogP contribution in [0.2, 0.25) is 0 Å². The summed E-state index contributed by atoms with van der Waals surface area (Å²) in [5.74, 6) is 2.42. The molecule has 1 aromatic rings. The summed E-state index contributed by atoms with van der Waals surface area (Å²) in [6.07, 6.45) is 5.48. The van der Waals surface area contributed by atoms with Crippen LogP contribution in [-0.4, -0.2) is 66.1 Å². The molecule has 0 bridgehead atoms. The van der Waals surface area contributed by atoms with Crippen molar-refractivity contribution in [2.75, 3.05) is 39.6 Å². The van der Waals surface area contributed by atoms with Crippen LogP contribution in [0.4, 0.5) is 0 Å². The van der Waals surface area contributed by atoms with Crippen molar-refractivity contribution in [3.63, 3.8) is 0 Å². The molecule has 2 aliphatic heterocycles. The van der Waals surface area contributed by atoms with Gasteiger partial charge in [-0.1, -0.05) is 19.8 Å². The molecule has 0 aliphatic carbocycles. The van der Waals surface area contributed by atoms with E-state index in [1.165, 1.54) is 0 Å². The Labute approximate surface area is 177 Å². The first-order chi connectivity index (χ1) is 14.0. The number of ether oxygens (including phenoxy) is 2. The lowest BCUT2D eigenvalue weighted by Crippen LogP contribution is -2.53. The number of carbonyl (C=O) groups is 2. The van der Waals surface area contributed by atoms with Gasteiger partial charge in [-0.2, -0.15) is 0 Å². The molecule has 2 amide bonds. The Morgan fingerprint density at radius 1 is 1.03 bits per heavy atom. The predicted octanol–water partition coefficient (Wildman–Crippen LogP) is 3.79. The third-order valence-electron chi connectivity index (χ3n) is 5.91. The van der Waals surface area contributed by atoms with Gasteiger partial charge in [0.05, 0.1) is 19.1 Å². The Hall–Kier alpha value is -1.89. The van der Waals surface area contributed by atoms with Gasteiger partial charge < -0.3 is 19.3 Å². The van der Waals surface area contributed by atoms with Gasteiger partial charge in [0.2, 0.25) is 5.91 Å². The summed E-state index contributed by atoms with van der Waals surface area (Å²) in [7, 11) is 3.17. The Balaban J connectivity index is 1.69. The zero-order valence-corrected chi connectivity index (χ0v) is 18.6. The Morgan fingerprint density at radius 2 is 1.69 bits per heavy atom. The van der Waals surface area contributed by atoms with Gasteiger partial charge in [-0.15, -0.1) is 11.8 Å². The average Bonchev–Trinajstić information content (AvgIpc) is 3.16. The topological polar surface area (TPSA) is 59.1 Å². The lowest BCUT2D eigenvalue weighted by Gasteiger charge is -2.44. The summed E-state index contributed by atoms with van der Waals surface area (Å²) in [5, 5.41) is 0. The second kappa shape index (κ2) is 9.74. The summed E-state index contributed by atoms with van der Waals surface area (Å²) in [5.41, 5.74) is 0.584. The number of piperidine rings is 1. The van der Waals surface area contributed by atoms with E-state index in [1.54, 1.807) is 32.4 Å². The minimum Gasteiger partial charge on any atom is -0.497 e. The fourth-order valence-electron chi connectivity index (χ4n) is 4.19. The lowest BCUT2D eigenvalue weighted by atomic mass is 10.00. The molecule has 0 radical (unpaired) electrons. The van der Waals surface area contributed by atoms with Crippen molar-refractivity contribution in [2.24, 2.45) is 0 Å². The summed E-state index contributed by atoms with van der Waals surface area (Å²) < 4.78 is 10.7. The summed E-state index contributed by atoms with van der Waals surface area (Å²) in [6, 6.07) is 5.32. The Kier molecular flexibility index (Phi) is 7.33. The van der Waals surface area contributed by atoms with Gasteiger partial charge in [-0.3, -0.25) is 9.59 Å². The van der Waals surface area contributed by atoms with Crippen molar-refractivity contribution >= 4 is 23.6 Å². The second-order valence-corrected chi connectivity index (χ2v) is 9.15. The highest BCUT2D eigenvalue weighted by atomic mass is 32.2. The zero-order chi connectivity index (χ0) is 20.9. The maximum atomic E-state index is 13.4. The normalized spacial score (nSPS) is 18.2. The molecule has 7 heteroatoms.